The molecule has 2 nitrogen and oxygen atoms in total. The van der Waals surface area contributed by atoms with Gasteiger partial charge >= 0.3 is 0 Å². The van der Waals surface area contributed by atoms with Crippen LogP contribution in [0.15, 0.2) is 12.1 Å². The van der Waals surface area contributed by atoms with Gasteiger partial charge in [-0.25, -0.2) is 0 Å². The van der Waals surface area contributed by atoms with Gasteiger partial charge in [0.2, 0.25) is 0 Å². The first-order valence-electron chi connectivity index (χ1n) is 5.37. The molecule has 0 spiro atoms. The van der Waals surface area contributed by atoms with Crippen molar-refractivity contribution in [3.63, 3.8) is 0 Å². The molecule has 3 N–H and O–H groups in total. The van der Waals surface area contributed by atoms with Gasteiger partial charge in [-0.05, 0) is 44.0 Å². The van der Waals surface area contributed by atoms with Crippen molar-refractivity contribution in [1.29, 1.82) is 0 Å². The van der Waals surface area contributed by atoms with E-state index in [1.807, 2.05) is 6.07 Å². The second-order valence-corrected chi connectivity index (χ2v) is 5.67. The summed E-state index contributed by atoms with van der Waals surface area (Å²) in [7, 11) is 0. The summed E-state index contributed by atoms with van der Waals surface area (Å²) in [6.45, 7) is 5.02. The predicted molar refractivity (Wildman–Crippen MR) is 68.5 cm³/mol. The summed E-state index contributed by atoms with van der Waals surface area (Å²) in [6.07, 6.45) is 2.32. The topological polar surface area (TPSA) is 38.0 Å². The van der Waals surface area contributed by atoms with E-state index in [0.717, 1.165) is 30.4 Å². The Balaban J connectivity index is 2.10. The first-order chi connectivity index (χ1) is 7.22. The Bertz CT molecular complexity index is 275. The van der Waals surface area contributed by atoms with Crippen LogP contribution >= 0.6 is 22.9 Å². The highest BCUT2D eigenvalue weighted by Gasteiger charge is 2.02. The van der Waals surface area contributed by atoms with Gasteiger partial charge in [-0.3, -0.25) is 0 Å². The van der Waals surface area contributed by atoms with Gasteiger partial charge in [-0.15, -0.1) is 11.3 Å². The second kappa shape index (κ2) is 7.23. The van der Waals surface area contributed by atoms with Crippen LogP contribution in [0.4, 0.5) is 0 Å². The molecule has 0 aliphatic heterocycles. The molecule has 0 aliphatic rings. The van der Waals surface area contributed by atoms with Crippen molar-refractivity contribution in [2.75, 3.05) is 13.1 Å². The molecule has 1 unspecified atom stereocenters. The molecule has 1 aromatic heterocycles. The number of nitrogens with two attached hydrogens (primary N) is 1. The summed E-state index contributed by atoms with van der Waals surface area (Å²) < 4.78 is 0.864. The lowest BCUT2D eigenvalue weighted by Crippen LogP contribution is -2.20. The van der Waals surface area contributed by atoms with Crippen LogP contribution in [0, 0.1) is 5.92 Å². The van der Waals surface area contributed by atoms with Crippen molar-refractivity contribution in [3.05, 3.63) is 21.3 Å². The van der Waals surface area contributed by atoms with Crippen molar-refractivity contribution in [2.24, 2.45) is 11.7 Å². The van der Waals surface area contributed by atoms with E-state index < -0.39 is 0 Å². The number of nitrogens with one attached hydrogen (secondary N) is 1. The molecule has 0 bridgehead atoms. The fraction of sp³-hybridized carbons (Fsp3) is 0.636. The summed E-state index contributed by atoms with van der Waals surface area (Å²) in [5, 5.41) is 3.43. The van der Waals surface area contributed by atoms with E-state index in [-0.39, 0.29) is 0 Å². The highest BCUT2D eigenvalue weighted by atomic mass is 35.5. The molecular weight excluding hydrogens is 228 g/mol. The average Bonchev–Trinajstić information content (AvgIpc) is 2.61. The normalized spacial score (nSPS) is 13.0. The Kier molecular flexibility index (Phi) is 6.25. The number of halogens is 1. The van der Waals surface area contributed by atoms with Crippen LogP contribution in [0.5, 0.6) is 0 Å². The van der Waals surface area contributed by atoms with Gasteiger partial charge < -0.3 is 11.1 Å². The summed E-state index contributed by atoms with van der Waals surface area (Å²) in [4.78, 5) is 1.30. The molecular formula is C11H19ClN2S. The number of hydrogen-bond acceptors (Lipinski definition) is 3. The van der Waals surface area contributed by atoms with E-state index in [9.17, 15) is 0 Å². The van der Waals surface area contributed by atoms with Crippen LogP contribution in [0.25, 0.3) is 0 Å². The summed E-state index contributed by atoms with van der Waals surface area (Å²) in [5.74, 6) is 0.698. The lowest BCUT2D eigenvalue weighted by atomic mass is 10.1. The van der Waals surface area contributed by atoms with Crippen LogP contribution in [0.3, 0.4) is 0 Å². The van der Waals surface area contributed by atoms with Crippen molar-refractivity contribution in [1.82, 2.24) is 5.32 Å². The molecule has 0 aliphatic carbocycles. The summed E-state index contributed by atoms with van der Waals surface area (Å²) in [5.41, 5.74) is 5.47. The maximum atomic E-state index is 5.85. The number of hydrogen-bond donors (Lipinski definition) is 2. The molecule has 0 aromatic carbocycles. The van der Waals surface area contributed by atoms with Crippen molar-refractivity contribution < 1.29 is 0 Å². The molecule has 0 saturated carbocycles. The SMILES string of the molecule is CC(CCCN)CNCc1ccc(Cl)s1. The molecule has 1 heterocycles. The third-order valence-electron chi connectivity index (χ3n) is 2.32. The van der Waals surface area contributed by atoms with E-state index in [0.29, 0.717) is 5.92 Å². The van der Waals surface area contributed by atoms with Crippen LogP contribution in [-0.2, 0) is 6.54 Å². The fourth-order valence-electron chi connectivity index (χ4n) is 1.46. The largest absolute Gasteiger partial charge is 0.330 e. The first kappa shape index (κ1) is 13.0. The Morgan fingerprint density at radius 1 is 1.53 bits per heavy atom. The van der Waals surface area contributed by atoms with Gasteiger partial charge in [0.05, 0.1) is 4.34 Å². The molecule has 4 heteroatoms. The quantitative estimate of drug-likeness (QED) is 0.777. The molecule has 86 valence electrons. The maximum absolute atomic E-state index is 5.85. The lowest BCUT2D eigenvalue weighted by Gasteiger charge is -2.11. The Hall–Kier alpha value is -0.0900. The van der Waals surface area contributed by atoms with Crippen LogP contribution < -0.4 is 11.1 Å². The average molecular weight is 247 g/mol. The summed E-state index contributed by atoms with van der Waals surface area (Å²) >= 11 is 7.49. The minimum Gasteiger partial charge on any atom is -0.330 e. The zero-order valence-electron chi connectivity index (χ0n) is 9.13. The van der Waals surface area contributed by atoms with Gasteiger partial charge in [0, 0.05) is 11.4 Å². The first-order valence-corrected chi connectivity index (χ1v) is 6.57. The van der Waals surface area contributed by atoms with E-state index in [1.54, 1.807) is 11.3 Å². The van der Waals surface area contributed by atoms with Gasteiger partial charge in [-0.1, -0.05) is 18.5 Å². The Morgan fingerprint density at radius 3 is 2.93 bits per heavy atom. The highest BCUT2D eigenvalue weighted by molar-refractivity contribution is 7.16. The van der Waals surface area contributed by atoms with Crippen LogP contribution in [-0.4, -0.2) is 13.1 Å². The third kappa shape index (κ3) is 5.52. The van der Waals surface area contributed by atoms with Crippen LogP contribution in [0.1, 0.15) is 24.6 Å². The maximum Gasteiger partial charge on any atom is 0.0931 e. The van der Waals surface area contributed by atoms with E-state index in [2.05, 4.69) is 18.3 Å². The van der Waals surface area contributed by atoms with Gasteiger partial charge in [0.1, 0.15) is 0 Å². The zero-order valence-corrected chi connectivity index (χ0v) is 10.7. The van der Waals surface area contributed by atoms with E-state index in [1.165, 1.54) is 11.3 Å². The fourth-order valence-corrected chi connectivity index (χ4v) is 2.51. The second-order valence-electron chi connectivity index (χ2n) is 3.87. The van der Waals surface area contributed by atoms with Crippen LogP contribution in [0.2, 0.25) is 4.34 Å². The van der Waals surface area contributed by atoms with Gasteiger partial charge in [0.25, 0.3) is 0 Å². The minimum absolute atomic E-state index is 0.698. The van der Waals surface area contributed by atoms with Crippen molar-refractivity contribution in [2.45, 2.75) is 26.3 Å². The Morgan fingerprint density at radius 2 is 2.33 bits per heavy atom. The monoisotopic (exact) mass is 246 g/mol. The van der Waals surface area contributed by atoms with Gasteiger partial charge in [0.15, 0.2) is 0 Å². The Labute approximate surface area is 101 Å². The molecule has 0 saturated heterocycles. The molecule has 15 heavy (non-hydrogen) atoms. The molecule has 1 rings (SSSR count). The molecule has 0 fully saturated rings. The summed E-state index contributed by atoms with van der Waals surface area (Å²) in [6, 6.07) is 4.02. The molecule has 1 aromatic rings. The third-order valence-corrected chi connectivity index (χ3v) is 3.55. The zero-order chi connectivity index (χ0) is 11.1. The number of thiophene rings is 1. The molecule has 0 amide bonds. The molecule has 0 radical (unpaired) electrons. The number of rotatable bonds is 7. The lowest BCUT2D eigenvalue weighted by molar-refractivity contribution is 0.470. The van der Waals surface area contributed by atoms with E-state index >= 15 is 0 Å². The van der Waals surface area contributed by atoms with Crippen molar-refractivity contribution >= 4 is 22.9 Å². The van der Waals surface area contributed by atoms with E-state index in [4.69, 9.17) is 17.3 Å². The van der Waals surface area contributed by atoms with Crippen molar-refractivity contribution in [3.8, 4) is 0 Å². The standard InChI is InChI=1S/C11H19ClN2S/c1-9(3-2-6-13)7-14-8-10-4-5-11(12)15-10/h4-5,9,14H,2-3,6-8,13H2,1H3. The van der Waals surface area contributed by atoms with Gasteiger partial charge in [-0.2, -0.15) is 0 Å². The molecule has 1 atom stereocenters. The smallest absolute Gasteiger partial charge is 0.0931 e. The highest BCUT2D eigenvalue weighted by Crippen LogP contribution is 2.21. The minimum atomic E-state index is 0.698. The predicted octanol–water partition coefficient (Wildman–Crippen LogP) is 2.87.